The molecule has 2 rings (SSSR count). The van der Waals surface area contributed by atoms with Crippen LogP contribution in [0.2, 0.25) is 0 Å². The highest BCUT2D eigenvalue weighted by Gasteiger charge is 2.22. The van der Waals surface area contributed by atoms with E-state index in [-0.39, 0.29) is 11.2 Å². The molecule has 7 nitrogen and oxygen atoms in total. The number of aromatic amines is 2. The van der Waals surface area contributed by atoms with Crippen LogP contribution < -0.4 is 11.2 Å². The topological polar surface area (TPSA) is 104 Å². The normalized spacial score (nSPS) is 12.2. The highest BCUT2D eigenvalue weighted by Crippen LogP contribution is 2.06. The number of hydrogen-bond acceptors (Lipinski definition) is 4. The lowest BCUT2D eigenvalue weighted by atomic mass is 10.3. The summed E-state index contributed by atoms with van der Waals surface area (Å²) in [7, 11) is 0. The molecule has 0 bridgehead atoms. The number of aliphatic hydroxyl groups is 1. The second-order valence-electron chi connectivity index (χ2n) is 4.11. The Balaban J connectivity index is 2.97. The number of hydrogen-bond donors (Lipinski definition) is 3. The summed E-state index contributed by atoms with van der Waals surface area (Å²) in [5, 5.41) is 9.73. The van der Waals surface area contributed by atoms with Gasteiger partial charge >= 0.3 is 5.69 Å². The molecule has 0 radical (unpaired) electrons. The molecule has 0 spiro atoms. The maximum atomic E-state index is 11.9. The number of nitrogens with zero attached hydrogens (tertiary/aromatic N) is 2. The smallest absolute Gasteiger partial charge is 0.332 e. The summed E-state index contributed by atoms with van der Waals surface area (Å²) >= 11 is 0. The fourth-order valence-electron chi connectivity index (χ4n) is 1.60. The van der Waals surface area contributed by atoms with Gasteiger partial charge in [0.2, 0.25) is 0 Å². The molecular formula is C9H12N4O3. The van der Waals surface area contributed by atoms with Gasteiger partial charge in [0, 0.05) is 0 Å². The number of imidazole rings is 1. The molecule has 86 valence electrons. The van der Waals surface area contributed by atoms with E-state index in [0.717, 1.165) is 4.57 Å². The summed E-state index contributed by atoms with van der Waals surface area (Å²) in [6, 6.07) is 0. The minimum atomic E-state index is -1.56. The summed E-state index contributed by atoms with van der Waals surface area (Å²) in [4.78, 5) is 32.6. The lowest BCUT2D eigenvalue weighted by molar-refractivity contribution is -0.00544. The Morgan fingerprint density at radius 2 is 1.94 bits per heavy atom. The number of aryl methyl sites for hydroxylation is 1. The minimum absolute atomic E-state index is 0.180. The van der Waals surface area contributed by atoms with Gasteiger partial charge in [0.05, 0.1) is 0 Å². The van der Waals surface area contributed by atoms with Gasteiger partial charge in [-0.05, 0) is 20.8 Å². The molecule has 0 fully saturated rings. The quantitative estimate of drug-likeness (QED) is 0.602. The summed E-state index contributed by atoms with van der Waals surface area (Å²) in [6.45, 7) is 4.39. The summed E-state index contributed by atoms with van der Waals surface area (Å²) in [5.41, 5.74) is -2.45. The zero-order valence-corrected chi connectivity index (χ0v) is 9.16. The lowest BCUT2D eigenvalue weighted by Gasteiger charge is -2.18. The summed E-state index contributed by atoms with van der Waals surface area (Å²) in [5.74, 6) is 0.524. The van der Waals surface area contributed by atoms with Crippen LogP contribution in [-0.4, -0.2) is 24.6 Å². The first kappa shape index (κ1) is 10.6. The summed E-state index contributed by atoms with van der Waals surface area (Å²) in [6.07, 6.45) is 0. The van der Waals surface area contributed by atoms with Crippen LogP contribution in [0.25, 0.3) is 11.2 Å². The molecule has 0 aliphatic rings. The van der Waals surface area contributed by atoms with Crippen LogP contribution >= 0.6 is 0 Å². The number of nitrogens with one attached hydrogen (secondary N) is 2. The first-order chi connectivity index (χ1) is 7.30. The predicted molar refractivity (Wildman–Crippen MR) is 57.3 cm³/mol. The highest BCUT2D eigenvalue weighted by molar-refractivity contribution is 5.68. The third kappa shape index (κ3) is 1.45. The van der Waals surface area contributed by atoms with Crippen LogP contribution in [0.5, 0.6) is 0 Å². The van der Waals surface area contributed by atoms with Gasteiger partial charge in [0.15, 0.2) is 5.65 Å². The Morgan fingerprint density at radius 1 is 1.31 bits per heavy atom. The average molecular weight is 224 g/mol. The van der Waals surface area contributed by atoms with E-state index < -0.39 is 17.0 Å². The number of rotatable bonds is 1. The number of aromatic nitrogens is 4. The molecular weight excluding hydrogens is 212 g/mol. The van der Waals surface area contributed by atoms with Crippen molar-refractivity contribution in [1.82, 2.24) is 19.5 Å². The van der Waals surface area contributed by atoms with Gasteiger partial charge in [-0.3, -0.25) is 9.78 Å². The largest absolute Gasteiger partial charge is 0.371 e. The van der Waals surface area contributed by atoms with E-state index in [9.17, 15) is 14.7 Å². The highest BCUT2D eigenvalue weighted by atomic mass is 16.3. The van der Waals surface area contributed by atoms with Crippen molar-refractivity contribution in [3.05, 3.63) is 26.7 Å². The van der Waals surface area contributed by atoms with Gasteiger partial charge in [-0.1, -0.05) is 0 Å². The SMILES string of the molecule is Cc1nc2[nH]c(=O)n(C(C)(C)O)c(=O)c2[nH]1. The Hall–Kier alpha value is -1.89. The van der Waals surface area contributed by atoms with Crippen molar-refractivity contribution < 1.29 is 5.11 Å². The van der Waals surface area contributed by atoms with Gasteiger partial charge in [0.25, 0.3) is 5.56 Å². The van der Waals surface area contributed by atoms with Crippen molar-refractivity contribution in [2.45, 2.75) is 26.5 Å². The van der Waals surface area contributed by atoms with E-state index in [1.807, 2.05) is 0 Å². The Kier molecular flexibility index (Phi) is 2.02. The molecule has 2 aromatic heterocycles. The van der Waals surface area contributed by atoms with Crippen LogP contribution in [0, 0.1) is 6.92 Å². The first-order valence-corrected chi connectivity index (χ1v) is 4.75. The van der Waals surface area contributed by atoms with Crippen LogP contribution in [0.4, 0.5) is 0 Å². The van der Waals surface area contributed by atoms with Crippen LogP contribution in [0.3, 0.4) is 0 Å². The van der Waals surface area contributed by atoms with Crippen molar-refractivity contribution in [1.29, 1.82) is 0 Å². The monoisotopic (exact) mass is 224 g/mol. The van der Waals surface area contributed by atoms with E-state index >= 15 is 0 Å². The van der Waals surface area contributed by atoms with E-state index in [0.29, 0.717) is 5.82 Å². The third-order valence-electron chi connectivity index (χ3n) is 2.21. The van der Waals surface area contributed by atoms with Crippen molar-refractivity contribution in [3.63, 3.8) is 0 Å². The minimum Gasteiger partial charge on any atom is -0.371 e. The standard InChI is InChI=1S/C9H12N4O3/c1-4-10-5-6(11-4)12-8(15)13(7(5)14)9(2,3)16/h16H,1-3H3,(H,10,11)(H,12,15). The van der Waals surface area contributed by atoms with E-state index in [1.165, 1.54) is 13.8 Å². The predicted octanol–water partition coefficient (Wildman–Crippen LogP) is -0.594. The van der Waals surface area contributed by atoms with Crippen LogP contribution in [-0.2, 0) is 5.72 Å². The zero-order chi connectivity index (χ0) is 12.1. The van der Waals surface area contributed by atoms with Gasteiger partial charge < -0.3 is 10.1 Å². The molecule has 0 atom stereocenters. The molecule has 0 aliphatic heterocycles. The Morgan fingerprint density at radius 3 is 2.50 bits per heavy atom. The summed E-state index contributed by atoms with van der Waals surface area (Å²) < 4.78 is 0.743. The number of H-pyrrole nitrogens is 2. The van der Waals surface area contributed by atoms with Gasteiger partial charge in [0.1, 0.15) is 17.1 Å². The first-order valence-electron chi connectivity index (χ1n) is 4.75. The van der Waals surface area contributed by atoms with Gasteiger partial charge in [-0.15, -0.1) is 0 Å². The molecule has 0 saturated heterocycles. The Bertz CT molecular complexity index is 656. The van der Waals surface area contributed by atoms with Crippen molar-refractivity contribution >= 4 is 11.2 Å². The van der Waals surface area contributed by atoms with Crippen LogP contribution in [0.15, 0.2) is 9.59 Å². The lowest BCUT2D eigenvalue weighted by Crippen LogP contribution is -2.46. The average Bonchev–Trinajstić information content (AvgIpc) is 2.43. The van der Waals surface area contributed by atoms with Crippen molar-refractivity contribution in [2.24, 2.45) is 0 Å². The molecule has 0 unspecified atom stereocenters. The fraction of sp³-hybridized carbons (Fsp3) is 0.444. The van der Waals surface area contributed by atoms with E-state index in [4.69, 9.17) is 0 Å². The van der Waals surface area contributed by atoms with E-state index in [2.05, 4.69) is 15.0 Å². The molecule has 0 aromatic carbocycles. The van der Waals surface area contributed by atoms with Gasteiger partial charge in [-0.2, -0.15) is 0 Å². The molecule has 7 heteroatoms. The molecule has 0 saturated carbocycles. The molecule has 2 aromatic rings. The second kappa shape index (κ2) is 3.05. The molecule has 3 N–H and O–H groups in total. The van der Waals surface area contributed by atoms with Crippen molar-refractivity contribution in [3.8, 4) is 0 Å². The van der Waals surface area contributed by atoms with Gasteiger partial charge in [-0.25, -0.2) is 14.3 Å². The molecule has 0 aliphatic carbocycles. The fourth-order valence-corrected chi connectivity index (χ4v) is 1.60. The van der Waals surface area contributed by atoms with Crippen LogP contribution in [0.1, 0.15) is 19.7 Å². The molecule has 0 amide bonds. The Labute approximate surface area is 89.8 Å². The van der Waals surface area contributed by atoms with E-state index in [1.54, 1.807) is 6.92 Å². The second-order valence-corrected chi connectivity index (χ2v) is 4.11. The maximum Gasteiger partial charge on any atom is 0.332 e. The number of fused-ring (bicyclic) bond motifs is 1. The maximum absolute atomic E-state index is 11.9. The molecule has 2 heterocycles. The van der Waals surface area contributed by atoms with Crippen molar-refractivity contribution in [2.75, 3.05) is 0 Å². The zero-order valence-electron chi connectivity index (χ0n) is 9.16. The molecule has 16 heavy (non-hydrogen) atoms. The third-order valence-corrected chi connectivity index (χ3v) is 2.21.